The molecule has 3 aliphatic heterocycles. The van der Waals surface area contributed by atoms with Crippen molar-refractivity contribution in [3.05, 3.63) is 54.1 Å². The van der Waals surface area contributed by atoms with Crippen molar-refractivity contribution >= 4 is 27.4 Å². The highest BCUT2D eigenvalue weighted by Gasteiger charge is 2.35. The Morgan fingerprint density at radius 3 is 2.36 bits per heavy atom. The number of anilines is 2. The molecule has 0 atom stereocenters. The zero-order chi connectivity index (χ0) is 22.6. The molecule has 1 aromatic carbocycles. The molecular weight excluding hydrogens is 442 g/mol. The molecule has 0 N–H and O–H groups in total. The molecule has 0 saturated carbocycles. The van der Waals surface area contributed by atoms with Crippen LogP contribution in [0, 0.1) is 0 Å². The lowest BCUT2D eigenvalue weighted by molar-refractivity contribution is -0.118. The van der Waals surface area contributed by atoms with Gasteiger partial charge in [0.25, 0.3) is 0 Å². The van der Waals surface area contributed by atoms with Gasteiger partial charge in [-0.2, -0.15) is 9.40 Å². The minimum atomic E-state index is -3.62. The minimum absolute atomic E-state index is 0.133. The van der Waals surface area contributed by atoms with Crippen LogP contribution in [0.1, 0.15) is 17.5 Å². The van der Waals surface area contributed by atoms with Gasteiger partial charge >= 0.3 is 0 Å². The second kappa shape index (κ2) is 7.63. The lowest BCUT2D eigenvalue weighted by Crippen LogP contribution is -2.49. The maximum atomic E-state index is 13.5. The SMILES string of the molecule is O=C1CCc2cc(S(=O)(=O)N3CCN(c4cc(-n5cccn5)ncn4)CC3)cc3c2N1CC3. The molecule has 0 aliphatic carbocycles. The second-order valence-electron chi connectivity index (χ2n) is 8.46. The average molecular weight is 466 g/mol. The molecule has 33 heavy (non-hydrogen) atoms. The Labute approximate surface area is 191 Å². The van der Waals surface area contributed by atoms with Gasteiger partial charge in [0.1, 0.15) is 12.1 Å². The predicted molar refractivity (Wildman–Crippen MR) is 121 cm³/mol. The van der Waals surface area contributed by atoms with E-state index in [4.69, 9.17) is 0 Å². The number of benzene rings is 1. The summed E-state index contributed by atoms with van der Waals surface area (Å²) in [5, 5.41) is 4.20. The van der Waals surface area contributed by atoms with Gasteiger partial charge in [-0.05, 0) is 42.2 Å². The van der Waals surface area contributed by atoms with E-state index < -0.39 is 10.0 Å². The Morgan fingerprint density at radius 2 is 1.61 bits per heavy atom. The van der Waals surface area contributed by atoms with Crippen molar-refractivity contribution in [2.45, 2.75) is 24.2 Å². The third-order valence-electron chi connectivity index (χ3n) is 6.60. The van der Waals surface area contributed by atoms with Gasteiger partial charge in [0, 0.05) is 57.6 Å². The van der Waals surface area contributed by atoms with Crippen LogP contribution < -0.4 is 9.80 Å². The number of hydrogen-bond donors (Lipinski definition) is 0. The van der Waals surface area contributed by atoms with Crippen LogP contribution in [0.5, 0.6) is 0 Å². The first-order chi connectivity index (χ1) is 16.0. The fourth-order valence-electron chi connectivity index (χ4n) is 4.92. The summed E-state index contributed by atoms with van der Waals surface area (Å²) in [5.41, 5.74) is 2.87. The van der Waals surface area contributed by atoms with E-state index in [1.54, 1.807) is 27.3 Å². The summed E-state index contributed by atoms with van der Waals surface area (Å²) in [6.07, 6.45) is 6.75. The number of amides is 1. The maximum absolute atomic E-state index is 13.5. The van der Waals surface area contributed by atoms with Crippen LogP contribution in [-0.2, 0) is 27.7 Å². The Kier molecular flexibility index (Phi) is 4.70. The molecule has 0 bridgehead atoms. The van der Waals surface area contributed by atoms with Gasteiger partial charge in [0.05, 0.1) is 10.6 Å². The number of carbonyl (C=O) groups excluding carboxylic acids is 1. The van der Waals surface area contributed by atoms with E-state index in [0.717, 1.165) is 22.6 Å². The van der Waals surface area contributed by atoms with Gasteiger partial charge in [-0.3, -0.25) is 4.79 Å². The van der Waals surface area contributed by atoms with Crippen molar-refractivity contribution in [3.8, 4) is 5.82 Å². The van der Waals surface area contributed by atoms with Crippen LogP contribution in [0.15, 0.2) is 47.9 Å². The number of hydrogen-bond acceptors (Lipinski definition) is 7. The van der Waals surface area contributed by atoms with Crippen molar-refractivity contribution in [2.24, 2.45) is 0 Å². The molecule has 1 amide bonds. The van der Waals surface area contributed by atoms with Crippen LogP contribution in [0.2, 0.25) is 0 Å². The summed E-state index contributed by atoms with van der Waals surface area (Å²) in [6.45, 7) is 2.47. The van der Waals surface area contributed by atoms with Crippen molar-refractivity contribution < 1.29 is 13.2 Å². The Bertz CT molecular complexity index is 1330. The van der Waals surface area contributed by atoms with E-state index in [-0.39, 0.29) is 5.91 Å². The van der Waals surface area contributed by atoms with Gasteiger partial charge in [-0.15, -0.1) is 0 Å². The second-order valence-corrected chi connectivity index (χ2v) is 10.4. The molecule has 3 aliphatic rings. The van der Waals surface area contributed by atoms with Gasteiger partial charge in [-0.1, -0.05) is 0 Å². The topological polar surface area (TPSA) is 105 Å². The first-order valence-corrected chi connectivity index (χ1v) is 12.5. The predicted octanol–water partition coefficient (Wildman–Crippen LogP) is 1.01. The summed E-state index contributed by atoms with van der Waals surface area (Å²) in [4.78, 5) is 25.0. The first kappa shape index (κ1) is 20.3. The highest BCUT2D eigenvalue weighted by Crippen LogP contribution is 2.39. The minimum Gasteiger partial charge on any atom is -0.354 e. The average Bonchev–Trinajstić information content (AvgIpc) is 3.53. The smallest absolute Gasteiger partial charge is 0.243 e. The van der Waals surface area contributed by atoms with Crippen LogP contribution in [0.25, 0.3) is 5.82 Å². The number of aryl methyl sites for hydroxylation is 1. The zero-order valence-electron chi connectivity index (χ0n) is 18.0. The van der Waals surface area contributed by atoms with E-state index in [9.17, 15) is 13.2 Å². The van der Waals surface area contributed by atoms with Crippen LogP contribution >= 0.6 is 0 Å². The molecule has 0 unspecified atom stereocenters. The van der Waals surface area contributed by atoms with Gasteiger partial charge in [0.15, 0.2) is 5.82 Å². The summed E-state index contributed by atoms with van der Waals surface area (Å²) in [7, 11) is -3.62. The van der Waals surface area contributed by atoms with Gasteiger partial charge in [-0.25, -0.2) is 23.1 Å². The van der Waals surface area contributed by atoms with E-state index in [1.807, 2.05) is 23.2 Å². The highest BCUT2D eigenvalue weighted by atomic mass is 32.2. The number of rotatable bonds is 4. The standard InChI is InChI=1S/C22H23N7O3S/c30-21-3-2-16-12-18(13-17-4-7-28(21)22(16)17)33(31,32)27-10-8-26(9-11-27)19-14-20(24-15-23-19)29-6-1-5-25-29/h1,5-6,12-15H,2-4,7-11H2. The normalized spacial score (nSPS) is 18.6. The molecule has 2 aromatic heterocycles. The molecule has 0 spiro atoms. The number of carbonyl (C=O) groups is 1. The molecule has 170 valence electrons. The highest BCUT2D eigenvalue weighted by molar-refractivity contribution is 7.89. The summed E-state index contributed by atoms with van der Waals surface area (Å²) < 4.78 is 30.1. The zero-order valence-corrected chi connectivity index (χ0v) is 18.8. The van der Waals surface area contributed by atoms with Crippen LogP contribution in [0.4, 0.5) is 11.5 Å². The third-order valence-corrected chi connectivity index (χ3v) is 8.48. The van der Waals surface area contributed by atoms with Crippen LogP contribution in [0.3, 0.4) is 0 Å². The molecule has 5 heterocycles. The number of sulfonamides is 1. The Morgan fingerprint density at radius 1 is 0.848 bits per heavy atom. The Balaban J connectivity index is 1.21. The monoisotopic (exact) mass is 465 g/mol. The van der Waals surface area contributed by atoms with Crippen molar-refractivity contribution in [2.75, 3.05) is 42.5 Å². The summed E-state index contributed by atoms with van der Waals surface area (Å²) >= 11 is 0. The largest absolute Gasteiger partial charge is 0.354 e. The first-order valence-electron chi connectivity index (χ1n) is 11.0. The summed E-state index contributed by atoms with van der Waals surface area (Å²) in [6, 6.07) is 7.22. The lowest BCUT2D eigenvalue weighted by Gasteiger charge is -2.35. The van der Waals surface area contributed by atoms with E-state index >= 15 is 0 Å². The van der Waals surface area contributed by atoms with Gasteiger partial charge in [0.2, 0.25) is 15.9 Å². The molecule has 10 nitrogen and oxygen atoms in total. The van der Waals surface area contributed by atoms with E-state index in [2.05, 4.69) is 20.0 Å². The Hall–Kier alpha value is -3.31. The molecule has 6 rings (SSSR count). The number of nitrogens with zero attached hydrogens (tertiary/aromatic N) is 7. The fraction of sp³-hybridized carbons (Fsp3) is 0.364. The van der Waals surface area contributed by atoms with Crippen molar-refractivity contribution in [1.29, 1.82) is 0 Å². The fourth-order valence-corrected chi connectivity index (χ4v) is 6.45. The molecular formula is C22H23N7O3S. The molecule has 1 saturated heterocycles. The molecule has 0 radical (unpaired) electrons. The van der Waals surface area contributed by atoms with E-state index in [0.29, 0.717) is 62.7 Å². The maximum Gasteiger partial charge on any atom is 0.243 e. The lowest BCUT2D eigenvalue weighted by atomic mass is 10.00. The quantitative estimate of drug-likeness (QED) is 0.566. The number of piperazine rings is 1. The number of aromatic nitrogens is 4. The van der Waals surface area contributed by atoms with Crippen molar-refractivity contribution in [1.82, 2.24) is 24.1 Å². The molecule has 11 heteroatoms. The molecule has 3 aromatic rings. The van der Waals surface area contributed by atoms with Crippen LogP contribution in [-0.4, -0.2) is 71.1 Å². The van der Waals surface area contributed by atoms with Crippen molar-refractivity contribution in [3.63, 3.8) is 0 Å². The molecule has 1 fully saturated rings. The van der Waals surface area contributed by atoms with E-state index in [1.165, 1.54) is 6.33 Å². The van der Waals surface area contributed by atoms with Gasteiger partial charge < -0.3 is 9.80 Å². The summed E-state index contributed by atoms with van der Waals surface area (Å²) in [5.74, 6) is 1.55. The third kappa shape index (κ3) is 3.39.